The number of nitrogens with zero attached hydrogens (tertiary/aromatic N) is 1. The number of ketones is 1. The molecule has 0 spiro atoms. The van der Waals surface area contributed by atoms with E-state index in [0.717, 1.165) is 24.8 Å². The van der Waals surface area contributed by atoms with Gasteiger partial charge in [-0.2, -0.15) is 0 Å². The summed E-state index contributed by atoms with van der Waals surface area (Å²) in [5.41, 5.74) is 2.77. The lowest BCUT2D eigenvalue weighted by Gasteiger charge is -2.11. The highest BCUT2D eigenvalue weighted by Crippen LogP contribution is 2.32. The summed E-state index contributed by atoms with van der Waals surface area (Å²) in [6.45, 7) is 1.44. The number of hydrogen-bond acceptors (Lipinski definition) is 3. The third-order valence-electron chi connectivity index (χ3n) is 5.22. The predicted molar refractivity (Wildman–Crippen MR) is 110 cm³/mol. The number of carbonyl (C=O) groups is 2. The van der Waals surface area contributed by atoms with Crippen LogP contribution in [0.2, 0.25) is 0 Å². The smallest absolute Gasteiger partial charge is 0.257 e. The van der Waals surface area contributed by atoms with Crippen molar-refractivity contribution in [2.45, 2.75) is 26.2 Å². The van der Waals surface area contributed by atoms with E-state index in [1.54, 1.807) is 34.9 Å². The van der Waals surface area contributed by atoms with Crippen LogP contribution in [-0.2, 0) is 0 Å². The Morgan fingerprint density at radius 3 is 2.72 bits per heavy atom. The number of aromatic nitrogens is 1. The van der Waals surface area contributed by atoms with Gasteiger partial charge < -0.3 is 14.5 Å². The molecule has 0 radical (unpaired) electrons. The van der Waals surface area contributed by atoms with Crippen molar-refractivity contribution in [2.24, 2.45) is 0 Å². The number of allylic oxidation sites excluding steroid dienone is 2. The summed E-state index contributed by atoms with van der Waals surface area (Å²) < 4.78 is 21.9. The number of benzene rings is 1. The van der Waals surface area contributed by atoms with Crippen molar-refractivity contribution >= 4 is 28.5 Å². The second-order valence-electron chi connectivity index (χ2n) is 7.06. The first-order valence-electron chi connectivity index (χ1n) is 9.49. The molecule has 0 bridgehead atoms. The molecule has 1 aliphatic carbocycles. The van der Waals surface area contributed by atoms with Crippen molar-refractivity contribution in [1.29, 1.82) is 0 Å². The maximum Gasteiger partial charge on any atom is 0.257 e. The van der Waals surface area contributed by atoms with E-state index in [-0.39, 0.29) is 17.0 Å². The molecule has 0 fully saturated rings. The quantitative estimate of drug-likeness (QED) is 0.614. The standard InChI is InChI=1S/C23H21FN2O3/c1-14(27)20-13-18(21-12-16(29-2)10-11-26(20)21)23(28)25-19-9-5-8-17(22(19)24)15-6-3-4-7-15/h5-6,8-13H,3-4,7H2,1-2H3,(H,25,28). The maximum atomic E-state index is 15.0. The number of pyridine rings is 1. The van der Waals surface area contributed by atoms with Gasteiger partial charge in [-0.3, -0.25) is 9.59 Å². The number of nitrogens with one attached hydrogen (secondary N) is 1. The average Bonchev–Trinajstić information content (AvgIpc) is 3.37. The number of amides is 1. The Balaban J connectivity index is 1.73. The van der Waals surface area contributed by atoms with E-state index in [9.17, 15) is 9.59 Å². The average molecular weight is 392 g/mol. The van der Waals surface area contributed by atoms with Crippen LogP contribution in [-0.4, -0.2) is 23.2 Å². The van der Waals surface area contributed by atoms with Gasteiger partial charge in [-0.1, -0.05) is 18.2 Å². The van der Waals surface area contributed by atoms with Crippen LogP contribution in [0.15, 0.2) is 48.7 Å². The van der Waals surface area contributed by atoms with E-state index in [4.69, 9.17) is 4.74 Å². The maximum absolute atomic E-state index is 15.0. The minimum atomic E-state index is -0.486. The van der Waals surface area contributed by atoms with Crippen LogP contribution in [0.25, 0.3) is 11.1 Å². The second-order valence-corrected chi connectivity index (χ2v) is 7.06. The molecule has 0 saturated carbocycles. The van der Waals surface area contributed by atoms with E-state index in [0.29, 0.717) is 22.5 Å². The van der Waals surface area contributed by atoms with Gasteiger partial charge in [0.05, 0.1) is 29.6 Å². The highest BCUT2D eigenvalue weighted by molar-refractivity contribution is 6.11. The van der Waals surface area contributed by atoms with Gasteiger partial charge in [0.25, 0.3) is 5.91 Å². The summed E-state index contributed by atoms with van der Waals surface area (Å²) in [6.07, 6.45) is 6.50. The van der Waals surface area contributed by atoms with E-state index in [2.05, 4.69) is 5.32 Å². The van der Waals surface area contributed by atoms with Gasteiger partial charge in [0.2, 0.25) is 0 Å². The molecule has 0 saturated heterocycles. The fourth-order valence-corrected chi connectivity index (χ4v) is 3.74. The predicted octanol–water partition coefficient (Wildman–Crippen LogP) is 5.11. The number of hydrogen-bond donors (Lipinski definition) is 1. The van der Waals surface area contributed by atoms with Crippen LogP contribution in [0.4, 0.5) is 10.1 Å². The molecule has 1 amide bonds. The Morgan fingerprint density at radius 2 is 2.03 bits per heavy atom. The number of carbonyl (C=O) groups excluding carboxylic acids is 2. The lowest BCUT2D eigenvalue weighted by atomic mass is 10.0. The van der Waals surface area contributed by atoms with Crippen LogP contribution in [0.3, 0.4) is 0 Å². The van der Waals surface area contributed by atoms with Gasteiger partial charge >= 0.3 is 0 Å². The van der Waals surface area contributed by atoms with Crippen LogP contribution >= 0.6 is 0 Å². The molecule has 1 N–H and O–H groups in total. The van der Waals surface area contributed by atoms with Crippen molar-refractivity contribution in [3.05, 3.63) is 71.3 Å². The van der Waals surface area contributed by atoms with E-state index >= 15 is 4.39 Å². The highest BCUT2D eigenvalue weighted by atomic mass is 19.1. The first-order valence-corrected chi connectivity index (χ1v) is 9.49. The fourth-order valence-electron chi connectivity index (χ4n) is 3.74. The molecule has 6 heteroatoms. The lowest BCUT2D eigenvalue weighted by molar-refractivity contribution is 0.101. The SMILES string of the molecule is COc1ccn2c(C(C)=O)cc(C(=O)Nc3cccc(C4=CCCC4)c3F)c2c1. The van der Waals surface area contributed by atoms with E-state index in [1.807, 2.05) is 6.08 Å². The summed E-state index contributed by atoms with van der Waals surface area (Å²) in [4.78, 5) is 25.0. The minimum absolute atomic E-state index is 0.118. The largest absolute Gasteiger partial charge is 0.497 e. The first kappa shape index (κ1) is 18.9. The fraction of sp³-hybridized carbons (Fsp3) is 0.217. The molecule has 5 nitrogen and oxygen atoms in total. The number of Topliss-reactive ketones (excluding diaryl/α,β-unsaturated/α-hetero) is 1. The number of methoxy groups -OCH3 is 1. The Morgan fingerprint density at radius 1 is 1.21 bits per heavy atom. The molecule has 4 rings (SSSR count). The molecular weight excluding hydrogens is 371 g/mol. The van der Waals surface area contributed by atoms with Gasteiger partial charge in [-0.05, 0) is 43.0 Å². The van der Waals surface area contributed by atoms with Gasteiger partial charge in [0, 0.05) is 24.8 Å². The Labute approximate surface area is 167 Å². The van der Waals surface area contributed by atoms with Crippen molar-refractivity contribution in [3.8, 4) is 5.75 Å². The van der Waals surface area contributed by atoms with Gasteiger partial charge in [0.15, 0.2) is 11.6 Å². The zero-order chi connectivity index (χ0) is 20.5. The normalized spacial score (nSPS) is 13.4. The molecule has 2 aromatic heterocycles. The summed E-state index contributed by atoms with van der Waals surface area (Å²) >= 11 is 0. The summed E-state index contributed by atoms with van der Waals surface area (Å²) in [6, 6.07) is 9.91. The zero-order valence-corrected chi connectivity index (χ0v) is 16.3. The second kappa shape index (κ2) is 7.54. The van der Waals surface area contributed by atoms with Crippen LogP contribution in [0.1, 0.15) is 52.6 Å². The molecule has 0 aliphatic heterocycles. The van der Waals surface area contributed by atoms with Gasteiger partial charge in [-0.25, -0.2) is 4.39 Å². The number of fused-ring (bicyclic) bond motifs is 1. The lowest BCUT2D eigenvalue weighted by Crippen LogP contribution is -2.13. The molecule has 0 unspecified atom stereocenters. The summed E-state index contributed by atoms with van der Waals surface area (Å²) in [7, 11) is 1.53. The van der Waals surface area contributed by atoms with E-state index in [1.165, 1.54) is 26.2 Å². The molecule has 1 aliphatic rings. The third-order valence-corrected chi connectivity index (χ3v) is 5.22. The van der Waals surface area contributed by atoms with Crippen LogP contribution in [0.5, 0.6) is 5.75 Å². The number of halogens is 1. The summed E-state index contributed by atoms with van der Waals surface area (Å²) in [5, 5.41) is 2.67. The van der Waals surface area contributed by atoms with E-state index < -0.39 is 11.7 Å². The monoisotopic (exact) mass is 392 g/mol. The van der Waals surface area contributed by atoms with Crippen LogP contribution in [0, 0.1) is 5.82 Å². The van der Waals surface area contributed by atoms with Crippen molar-refractivity contribution in [1.82, 2.24) is 4.40 Å². The molecule has 29 heavy (non-hydrogen) atoms. The molecule has 0 atom stereocenters. The molecule has 1 aromatic carbocycles. The van der Waals surface area contributed by atoms with Crippen molar-refractivity contribution in [2.75, 3.05) is 12.4 Å². The van der Waals surface area contributed by atoms with Crippen LogP contribution < -0.4 is 10.1 Å². The van der Waals surface area contributed by atoms with Gasteiger partial charge in [-0.15, -0.1) is 0 Å². The van der Waals surface area contributed by atoms with Crippen molar-refractivity contribution < 1.29 is 18.7 Å². The Kier molecular flexibility index (Phi) is 4.92. The molecule has 3 aromatic rings. The van der Waals surface area contributed by atoms with Crippen molar-refractivity contribution in [3.63, 3.8) is 0 Å². The Bertz CT molecular complexity index is 1160. The Hall–Kier alpha value is -3.41. The number of rotatable bonds is 5. The number of ether oxygens (including phenoxy) is 1. The molecular formula is C23H21FN2O3. The topological polar surface area (TPSA) is 59.8 Å². The first-order chi connectivity index (χ1) is 14.0. The third kappa shape index (κ3) is 3.42. The summed E-state index contributed by atoms with van der Waals surface area (Å²) in [5.74, 6) is -0.548. The molecule has 2 heterocycles. The van der Waals surface area contributed by atoms with Gasteiger partial charge in [0.1, 0.15) is 5.75 Å². The zero-order valence-electron chi connectivity index (χ0n) is 16.3. The number of anilines is 1. The molecule has 148 valence electrons. The highest BCUT2D eigenvalue weighted by Gasteiger charge is 2.21. The minimum Gasteiger partial charge on any atom is -0.497 e.